The van der Waals surface area contributed by atoms with Crippen LogP contribution in [0.25, 0.3) is 0 Å². The van der Waals surface area contributed by atoms with Gasteiger partial charge in [0.2, 0.25) is 0 Å². The van der Waals surface area contributed by atoms with Crippen molar-refractivity contribution in [2.75, 3.05) is 26.7 Å². The van der Waals surface area contributed by atoms with Gasteiger partial charge in [-0.3, -0.25) is 0 Å². The van der Waals surface area contributed by atoms with Crippen molar-refractivity contribution in [3.8, 4) is 0 Å². The van der Waals surface area contributed by atoms with Crippen molar-refractivity contribution >= 4 is 0 Å². The van der Waals surface area contributed by atoms with Gasteiger partial charge in [0.1, 0.15) is 0 Å². The lowest BCUT2D eigenvalue weighted by molar-refractivity contribution is 0.297. The van der Waals surface area contributed by atoms with E-state index in [1.54, 1.807) is 0 Å². The fourth-order valence-corrected chi connectivity index (χ4v) is 3.24. The monoisotopic (exact) mass is 210 g/mol. The van der Waals surface area contributed by atoms with Gasteiger partial charge in [0, 0.05) is 25.7 Å². The van der Waals surface area contributed by atoms with Crippen LogP contribution in [0, 0.1) is 17.8 Å². The molecular weight excluding hydrogens is 184 g/mol. The van der Waals surface area contributed by atoms with Crippen LogP contribution in [0.3, 0.4) is 0 Å². The van der Waals surface area contributed by atoms with Gasteiger partial charge in [-0.25, -0.2) is 0 Å². The molecule has 1 N–H and O–H groups in total. The third kappa shape index (κ3) is 2.94. The van der Waals surface area contributed by atoms with E-state index in [0.29, 0.717) is 6.04 Å². The first-order valence-corrected chi connectivity index (χ1v) is 6.60. The fourth-order valence-electron chi connectivity index (χ4n) is 3.24. The van der Waals surface area contributed by atoms with Gasteiger partial charge in [-0.1, -0.05) is 20.3 Å². The first-order chi connectivity index (χ1) is 7.18. The van der Waals surface area contributed by atoms with Crippen LogP contribution in [-0.2, 0) is 0 Å². The Morgan fingerprint density at radius 2 is 1.93 bits per heavy atom. The summed E-state index contributed by atoms with van der Waals surface area (Å²) in [5, 5.41) is 3.48. The Morgan fingerprint density at radius 3 is 2.53 bits per heavy atom. The summed E-state index contributed by atoms with van der Waals surface area (Å²) in [6.07, 6.45) is 4.55. The fraction of sp³-hybridized carbons (Fsp3) is 1.00. The van der Waals surface area contributed by atoms with Crippen LogP contribution in [0.2, 0.25) is 0 Å². The highest BCUT2D eigenvalue weighted by molar-refractivity contribution is 5.01. The Kier molecular flexibility index (Phi) is 3.68. The van der Waals surface area contributed by atoms with E-state index in [1.807, 2.05) is 0 Å². The summed E-state index contributed by atoms with van der Waals surface area (Å²) in [5.41, 5.74) is 0. The molecule has 2 aliphatic carbocycles. The van der Waals surface area contributed by atoms with Crippen LogP contribution in [-0.4, -0.2) is 37.6 Å². The lowest BCUT2D eigenvalue weighted by Gasteiger charge is -2.18. The first kappa shape index (κ1) is 11.4. The molecule has 0 aromatic rings. The predicted octanol–water partition coefficient (Wildman–Crippen LogP) is 1.96. The van der Waals surface area contributed by atoms with Crippen LogP contribution in [0.4, 0.5) is 0 Å². The third-order valence-electron chi connectivity index (χ3n) is 4.15. The molecule has 0 aliphatic heterocycles. The predicted molar refractivity (Wildman–Crippen MR) is 65.0 cm³/mol. The van der Waals surface area contributed by atoms with Crippen molar-refractivity contribution in [2.24, 2.45) is 17.8 Å². The molecule has 2 heteroatoms. The zero-order valence-corrected chi connectivity index (χ0v) is 10.5. The van der Waals surface area contributed by atoms with E-state index in [1.165, 1.54) is 32.4 Å². The largest absolute Gasteiger partial charge is 0.313 e. The van der Waals surface area contributed by atoms with Crippen molar-refractivity contribution in [3.05, 3.63) is 0 Å². The second-order valence-electron chi connectivity index (χ2n) is 5.79. The zero-order chi connectivity index (χ0) is 10.8. The van der Waals surface area contributed by atoms with E-state index in [0.717, 1.165) is 24.3 Å². The molecule has 0 saturated heterocycles. The van der Waals surface area contributed by atoms with Gasteiger partial charge in [0.25, 0.3) is 0 Å². The topological polar surface area (TPSA) is 15.3 Å². The number of hydrogen-bond acceptors (Lipinski definition) is 2. The normalized spacial score (nSPS) is 33.8. The standard InChI is InChI=1S/C13H26N2/c1-10(2)14-7-8-15(3)9-13-11-5-4-6-12(11)13/h10-14H,4-9H2,1-3H3. The molecule has 0 amide bonds. The van der Waals surface area contributed by atoms with Crippen LogP contribution in [0.15, 0.2) is 0 Å². The molecule has 0 radical (unpaired) electrons. The maximum atomic E-state index is 3.48. The third-order valence-corrected chi connectivity index (χ3v) is 4.15. The van der Waals surface area contributed by atoms with E-state index in [4.69, 9.17) is 0 Å². The zero-order valence-electron chi connectivity index (χ0n) is 10.5. The van der Waals surface area contributed by atoms with E-state index >= 15 is 0 Å². The van der Waals surface area contributed by atoms with Gasteiger partial charge in [0.15, 0.2) is 0 Å². The summed E-state index contributed by atoms with van der Waals surface area (Å²) in [5.74, 6) is 3.29. The minimum absolute atomic E-state index is 0.624. The second-order valence-corrected chi connectivity index (χ2v) is 5.79. The highest BCUT2D eigenvalue weighted by Gasteiger charge is 2.52. The lowest BCUT2D eigenvalue weighted by atomic mass is 10.1. The van der Waals surface area contributed by atoms with Gasteiger partial charge in [0.05, 0.1) is 0 Å². The molecule has 0 spiro atoms. The minimum atomic E-state index is 0.624. The van der Waals surface area contributed by atoms with Gasteiger partial charge >= 0.3 is 0 Å². The molecule has 2 atom stereocenters. The number of hydrogen-bond donors (Lipinski definition) is 1. The lowest BCUT2D eigenvalue weighted by Crippen LogP contribution is -2.34. The molecule has 2 unspecified atom stereocenters. The molecule has 2 rings (SSSR count). The molecule has 15 heavy (non-hydrogen) atoms. The van der Waals surface area contributed by atoms with Gasteiger partial charge < -0.3 is 10.2 Å². The average molecular weight is 210 g/mol. The van der Waals surface area contributed by atoms with E-state index in [-0.39, 0.29) is 0 Å². The van der Waals surface area contributed by atoms with Crippen LogP contribution in [0.1, 0.15) is 33.1 Å². The highest BCUT2D eigenvalue weighted by atomic mass is 15.1. The maximum absolute atomic E-state index is 3.48. The summed E-state index contributed by atoms with van der Waals surface area (Å²) in [7, 11) is 2.27. The molecule has 2 fully saturated rings. The van der Waals surface area contributed by atoms with E-state index in [9.17, 15) is 0 Å². The van der Waals surface area contributed by atoms with Crippen LogP contribution >= 0.6 is 0 Å². The van der Waals surface area contributed by atoms with Crippen molar-refractivity contribution in [1.82, 2.24) is 10.2 Å². The molecule has 2 aliphatic rings. The smallest absolute Gasteiger partial charge is 0.0104 e. The summed E-state index contributed by atoms with van der Waals surface area (Å²) in [6.45, 7) is 8.11. The molecule has 2 saturated carbocycles. The van der Waals surface area contributed by atoms with Crippen molar-refractivity contribution < 1.29 is 0 Å². The second kappa shape index (κ2) is 4.84. The quantitative estimate of drug-likeness (QED) is 0.721. The number of rotatable bonds is 6. The number of fused-ring (bicyclic) bond motifs is 1. The molecule has 0 heterocycles. The molecule has 2 nitrogen and oxygen atoms in total. The summed E-state index contributed by atoms with van der Waals surface area (Å²) >= 11 is 0. The Balaban J connectivity index is 1.55. The Bertz CT molecular complexity index is 193. The van der Waals surface area contributed by atoms with Crippen molar-refractivity contribution in [2.45, 2.75) is 39.2 Å². The summed E-state index contributed by atoms with van der Waals surface area (Å²) < 4.78 is 0. The first-order valence-electron chi connectivity index (χ1n) is 6.60. The van der Waals surface area contributed by atoms with Crippen molar-refractivity contribution in [1.29, 1.82) is 0 Å². The molecular formula is C13H26N2. The van der Waals surface area contributed by atoms with Crippen LogP contribution < -0.4 is 5.32 Å². The molecule has 0 bridgehead atoms. The number of nitrogens with one attached hydrogen (secondary N) is 1. The van der Waals surface area contributed by atoms with Gasteiger partial charge in [-0.05, 0) is 37.6 Å². The van der Waals surface area contributed by atoms with Gasteiger partial charge in [-0.15, -0.1) is 0 Å². The number of nitrogens with zero attached hydrogens (tertiary/aromatic N) is 1. The molecule has 88 valence electrons. The Labute approximate surface area is 94.4 Å². The average Bonchev–Trinajstić information content (AvgIpc) is 2.62. The SMILES string of the molecule is CC(C)NCCN(C)CC1C2CCCC21. The summed E-state index contributed by atoms with van der Waals surface area (Å²) in [4.78, 5) is 2.51. The Hall–Kier alpha value is -0.0800. The van der Waals surface area contributed by atoms with Crippen LogP contribution in [0.5, 0.6) is 0 Å². The van der Waals surface area contributed by atoms with Gasteiger partial charge in [-0.2, -0.15) is 0 Å². The van der Waals surface area contributed by atoms with E-state index < -0.39 is 0 Å². The molecule has 0 aromatic heterocycles. The highest BCUT2D eigenvalue weighted by Crippen LogP contribution is 2.57. The maximum Gasteiger partial charge on any atom is 0.0104 e. The molecule has 0 aromatic carbocycles. The van der Waals surface area contributed by atoms with Crippen molar-refractivity contribution in [3.63, 3.8) is 0 Å². The Morgan fingerprint density at radius 1 is 1.27 bits per heavy atom. The summed E-state index contributed by atoms with van der Waals surface area (Å²) in [6, 6.07) is 0.624. The minimum Gasteiger partial charge on any atom is -0.313 e. The van der Waals surface area contributed by atoms with E-state index in [2.05, 4.69) is 31.1 Å². The number of likely N-dealkylation sites (N-methyl/N-ethyl adjacent to an activating group) is 1.